The molecule has 0 unspecified atom stereocenters. The fraction of sp³-hybridized carbons (Fsp3) is 0.208. The molecule has 32 heavy (non-hydrogen) atoms. The Morgan fingerprint density at radius 1 is 0.875 bits per heavy atom. The molecule has 0 aliphatic carbocycles. The first-order chi connectivity index (χ1) is 15.7. The monoisotopic (exact) mass is 446 g/mol. The van der Waals surface area contributed by atoms with Gasteiger partial charge in [-0.25, -0.2) is 4.98 Å². The van der Waals surface area contributed by atoms with E-state index in [2.05, 4.69) is 31.2 Å². The van der Waals surface area contributed by atoms with Crippen molar-refractivity contribution in [3.8, 4) is 5.75 Å². The molecule has 0 atom stereocenters. The van der Waals surface area contributed by atoms with Crippen LogP contribution in [0.5, 0.6) is 5.75 Å². The van der Waals surface area contributed by atoms with Crippen LogP contribution in [0.2, 0.25) is 5.02 Å². The fourth-order valence-corrected chi connectivity index (χ4v) is 4.11. The van der Waals surface area contributed by atoms with Crippen molar-refractivity contribution in [3.63, 3.8) is 0 Å². The minimum absolute atomic E-state index is 0.576. The van der Waals surface area contributed by atoms with Crippen molar-refractivity contribution in [1.29, 1.82) is 0 Å². The van der Waals surface area contributed by atoms with Crippen LogP contribution >= 0.6 is 11.6 Å². The third kappa shape index (κ3) is 4.24. The zero-order chi connectivity index (χ0) is 21.9. The molecule has 162 valence electrons. The van der Waals surface area contributed by atoms with E-state index in [-0.39, 0.29) is 0 Å². The molecule has 0 amide bonds. The smallest absolute Gasteiger partial charge is 0.229 e. The summed E-state index contributed by atoms with van der Waals surface area (Å²) < 4.78 is 5.21. The number of methoxy groups -OCH3 is 1. The Morgan fingerprint density at radius 2 is 1.62 bits per heavy atom. The van der Waals surface area contributed by atoms with Gasteiger partial charge >= 0.3 is 0 Å². The number of aromatic nitrogens is 3. The summed E-state index contributed by atoms with van der Waals surface area (Å²) in [5.74, 6) is 2.31. The summed E-state index contributed by atoms with van der Waals surface area (Å²) in [4.78, 5) is 18.2. The van der Waals surface area contributed by atoms with Crippen LogP contribution in [0, 0.1) is 0 Å². The molecule has 2 aromatic heterocycles. The van der Waals surface area contributed by atoms with Crippen molar-refractivity contribution in [3.05, 3.63) is 72.0 Å². The van der Waals surface area contributed by atoms with E-state index in [1.165, 1.54) is 5.69 Å². The number of piperazine rings is 1. The molecular formula is C24H23ClN6O. The van der Waals surface area contributed by atoms with Gasteiger partial charge in [-0.1, -0.05) is 11.6 Å². The Balaban J connectivity index is 1.28. The average molecular weight is 447 g/mol. The van der Waals surface area contributed by atoms with Crippen molar-refractivity contribution >= 4 is 45.6 Å². The van der Waals surface area contributed by atoms with E-state index in [0.29, 0.717) is 11.0 Å². The number of fused-ring (bicyclic) bond motifs is 1. The van der Waals surface area contributed by atoms with Gasteiger partial charge in [-0.05, 0) is 54.6 Å². The zero-order valence-corrected chi connectivity index (χ0v) is 18.5. The first-order valence-electron chi connectivity index (χ1n) is 10.5. The van der Waals surface area contributed by atoms with E-state index < -0.39 is 0 Å². The molecule has 1 N–H and O–H groups in total. The third-order valence-electron chi connectivity index (χ3n) is 5.61. The Kier molecular flexibility index (Phi) is 5.64. The van der Waals surface area contributed by atoms with Crippen molar-refractivity contribution in [2.24, 2.45) is 0 Å². The molecule has 1 fully saturated rings. The topological polar surface area (TPSA) is 66.4 Å². The lowest BCUT2D eigenvalue weighted by Crippen LogP contribution is -2.47. The van der Waals surface area contributed by atoms with Gasteiger partial charge in [0.15, 0.2) is 0 Å². The van der Waals surface area contributed by atoms with Crippen LogP contribution in [0.3, 0.4) is 0 Å². The quantitative estimate of drug-likeness (QED) is 0.474. The molecule has 0 radical (unpaired) electrons. The second-order valence-electron chi connectivity index (χ2n) is 7.56. The highest BCUT2D eigenvalue weighted by Crippen LogP contribution is 2.29. The number of rotatable bonds is 5. The zero-order valence-electron chi connectivity index (χ0n) is 17.7. The number of anilines is 4. The Morgan fingerprint density at radius 3 is 2.41 bits per heavy atom. The molecule has 4 aromatic rings. The summed E-state index contributed by atoms with van der Waals surface area (Å²) in [5.41, 5.74) is 3.02. The first kappa shape index (κ1) is 20.3. The predicted molar refractivity (Wildman–Crippen MR) is 129 cm³/mol. The van der Waals surface area contributed by atoms with E-state index >= 15 is 0 Å². The number of nitrogens with zero attached hydrogens (tertiary/aromatic N) is 5. The summed E-state index contributed by atoms with van der Waals surface area (Å²) in [6, 6.07) is 17.6. The van der Waals surface area contributed by atoms with Crippen LogP contribution in [0.1, 0.15) is 0 Å². The Bertz CT molecular complexity index is 1220. The van der Waals surface area contributed by atoms with Crippen LogP contribution < -0.4 is 19.9 Å². The summed E-state index contributed by atoms with van der Waals surface area (Å²) in [7, 11) is 1.65. The van der Waals surface area contributed by atoms with Crippen LogP contribution in [-0.2, 0) is 0 Å². The maximum atomic E-state index is 6.14. The van der Waals surface area contributed by atoms with Gasteiger partial charge in [0, 0.05) is 60.4 Å². The number of benzene rings is 2. The molecule has 0 saturated carbocycles. The van der Waals surface area contributed by atoms with Gasteiger partial charge in [0.25, 0.3) is 0 Å². The van der Waals surface area contributed by atoms with Crippen LogP contribution in [0.25, 0.3) is 10.9 Å². The van der Waals surface area contributed by atoms with Crippen LogP contribution in [-0.4, -0.2) is 48.2 Å². The summed E-state index contributed by atoms with van der Waals surface area (Å²) in [6.07, 6.45) is 3.64. The average Bonchev–Trinajstić information content (AvgIpc) is 2.84. The third-order valence-corrected chi connectivity index (χ3v) is 5.85. The minimum atomic E-state index is 0.576. The molecule has 0 spiro atoms. The second kappa shape index (κ2) is 8.88. The number of hydrogen-bond donors (Lipinski definition) is 1. The highest BCUT2D eigenvalue weighted by Gasteiger charge is 2.20. The Hall–Kier alpha value is -3.58. The van der Waals surface area contributed by atoms with Crippen molar-refractivity contribution < 1.29 is 4.74 Å². The van der Waals surface area contributed by atoms with Gasteiger partial charge in [-0.2, -0.15) is 4.98 Å². The maximum Gasteiger partial charge on any atom is 0.229 e. The lowest BCUT2D eigenvalue weighted by Gasteiger charge is -2.37. The first-order valence-corrected chi connectivity index (χ1v) is 10.9. The van der Waals surface area contributed by atoms with Gasteiger partial charge < -0.3 is 19.9 Å². The molecular weight excluding hydrogens is 424 g/mol. The van der Waals surface area contributed by atoms with Gasteiger partial charge in [-0.15, -0.1) is 0 Å². The number of pyridine rings is 1. The van der Waals surface area contributed by atoms with Gasteiger partial charge in [0.2, 0.25) is 5.95 Å². The number of ether oxygens (including phenoxy) is 1. The largest absolute Gasteiger partial charge is 0.497 e. The normalized spacial score (nSPS) is 13.9. The summed E-state index contributed by atoms with van der Waals surface area (Å²) in [6.45, 7) is 3.53. The maximum absolute atomic E-state index is 6.14. The van der Waals surface area contributed by atoms with Gasteiger partial charge in [0.1, 0.15) is 11.6 Å². The summed E-state index contributed by atoms with van der Waals surface area (Å²) in [5, 5.41) is 5.09. The molecule has 3 heterocycles. The van der Waals surface area contributed by atoms with E-state index in [4.69, 9.17) is 21.3 Å². The van der Waals surface area contributed by atoms with Gasteiger partial charge in [-0.3, -0.25) is 4.98 Å². The molecule has 1 saturated heterocycles. The molecule has 0 bridgehead atoms. The molecule has 1 aliphatic heterocycles. The molecule has 5 rings (SSSR count). The van der Waals surface area contributed by atoms with Crippen molar-refractivity contribution in [1.82, 2.24) is 15.0 Å². The van der Waals surface area contributed by atoms with Crippen molar-refractivity contribution in [2.45, 2.75) is 0 Å². The Labute approximate surface area is 191 Å². The number of halogens is 1. The van der Waals surface area contributed by atoms with Gasteiger partial charge in [0.05, 0.1) is 12.6 Å². The highest BCUT2D eigenvalue weighted by atomic mass is 35.5. The highest BCUT2D eigenvalue weighted by molar-refractivity contribution is 6.31. The molecule has 8 heteroatoms. The molecule has 2 aromatic carbocycles. The van der Waals surface area contributed by atoms with Crippen molar-refractivity contribution in [2.75, 3.05) is 48.4 Å². The van der Waals surface area contributed by atoms with Crippen LogP contribution in [0.15, 0.2) is 67.0 Å². The van der Waals surface area contributed by atoms with E-state index in [9.17, 15) is 0 Å². The number of nitrogens with one attached hydrogen (secondary N) is 1. The SMILES string of the molecule is COc1ccc(Nc2nccc(N3CCN(c4ccnc5cc(Cl)ccc45)CC3)n2)cc1. The summed E-state index contributed by atoms with van der Waals surface area (Å²) >= 11 is 6.14. The van der Waals surface area contributed by atoms with E-state index in [1.807, 2.05) is 54.7 Å². The second-order valence-corrected chi connectivity index (χ2v) is 7.99. The minimum Gasteiger partial charge on any atom is -0.497 e. The lowest BCUT2D eigenvalue weighted by molar-refractivity contribution is 0.415. The molecule has 7 nitrogen and oxygen atoms in total. The standard InChI is InChI=1S/C24H23ClN6O/c1-32-19-5-3-18(4-6-19)28-24-27-11-9-23(29-24)31-14-12-30(13-15-31)22-8-10-26-21-16-17(25)2-7-20(21)22/h2-11,16H,12-15H2,1H3,(H,27,28,29). The van der Waals surface area contributed by atoms with Crippen LogP contribution in [0.4, 0.5) is 23.1 Å². The predicted octanol–water partition coefficient (Wildman–Crippen LogP) is 4.76. The van der Waals surface area contributed by atoms with E-state index in [1.54, 1.807) is 13.3 Å². The molecule has 1 aliphatic rings. The fourth-order valence-electron chi connectivity index (χ4n) is 3.95. The lowest BCUT2D eigenvalue weighted by atomic mass is 10.1. The number of hydrogen-bond acceptors (Lipinski definition) is 7. The van der Waals surface area contributed by atoms with E-state index in [0.717, 1.165) is 54.3 Å².